The molecule has 0 radical (unpaired) electrons. The van der Waals surface area contributed by atoms with Gasteiger partial charge in [0.1, 0.15) is 42.4 Å². The minimum Gasteiger partial charge on any atom is -0.435 e. The van der Waals surface area contributed by atoms with Gasteiger partial charge in [-0.1, -0.05) is 6.92 Å². The van der Waals surface area contributed by atoms with Crippen molar-refractivity contribution in [3.63, 3.8) is 0 Å². The summed E-state index contributed by atoms with van der Waals surface area (Å²) in [5, 5.41) is 4.31. The van der Waals surface area contributed by atoms with Crippen molar-refractivity contribution >= 4 is 17.5 Å². The van der Waals surface area contributed by atoms with Crippen LogP contribution < -0.4 is 5.73 Å². The van der Waals surface area contributed by atoms with Crippen molar-refractivity contribution in [1.29, 1.82) is 0 Å². The lowest BCUT2D eigenvalue weighted by Gasteiger charge is -2.33. The second-order valence-corrected chi connectivity index (χ2v) is 7.65. The van der Waals surface area contributed by atoms with E-state index in [2.05, 4.69) is 10.1 Å². The molecule has 2 aliphatic heterocycles. The Morgan fingerprint density at radius 1 is 1.24 bits per heavy atom. The largest absolute Gasteiger partial charge is 0.508 e. The van der Waals surface area contributed by atoms with E-state index < -0.39 is 35.9 Å². The first-order chi connectivity index (χ1) is 13.8. The smallest absolute Gasteiger partial charge is 0.435 e. The van der Waals surface area contributed by atoms with Crippen molar-refractivity contribution in [3.8, 4) is 0 Å². The first-order valence-electron chi connectivity index (χ1n) is 9.71. The third-order valence-electron chi connectivity index (χ3n) is 5.41. The molecule has 158 valence electrons. The highest BCUT2D eigenvalue weighted by atomic mass is 16.8. The van der Waals surface area contributed by atoms with E-state index in [9.17, 15) is 4.79 Å². The summed E-state index contributed by atoms with van der Waals surface area (Å²) in [5.74, 6) is -0.430. The molecule has 0 amide bonds. The molecule has 2 aliphatic rings. The van der Waals surface area contributed by atoms with Crippen LogP contribution in [-0.2, 0) is 23.7 Å². The molecule has 10 nitrogen and oxygen atoms in total. The Morgan fingerprint density at radius 2 is 2.03 bits per heavy atom. The predicted molar refractivity (Wildman–Crippen MR) is 101 cm³/mol. The SMILES string of the molecule is CCOC(=O)OC[C@@]1(CC)O[C@@H](c2ccc3c(N)ncnn23)[C@@H]2OC(C)(C)O[C@@H]21. The lowest BCUT2D eigenvalue weighted by molar-refractivity contribution is -0.218. The number of aromatic nitrogens is 3. The Hall–Kier alpha value is -2.43. The molecule has 0 aliphatic carbocycles. The van der Waals surface area contributed by atoms with Gasteiger partial charge in [0.15, 0.2) is 11.6 Å². The number of fused-ring (bicyclic) bond motifs is 2. The van der Waals surface area contributed by atoms with Crippen LogP contribution >= 0.6 is 0 Å². The topological polar surface area (TPSA) is 119 Å². The third kappa shape index (κ3) is 3.30. The molecule has 0 spiro atoms. The summed E-state index contributed by atoms with van der Waals surface area (Å²) in [7, 11) is 0. The van der Waals surface area contributed by atoms with E-state index in [1.165, 1.54) is 6.33 Å². The molecule has 2 aromatic heterocycles. The van der Waals surface area contributed by atoms with E-state index in [4.69, 9.17) is 29.4 Å². The van der Waals surface area contributed by atoms with Crippen LogP contribution in [0, 0.1) is 0 Å². The fourth-order valence-electron chi connectivity index (χ4n) is 4.06. The molecular formula is C19H26N4O6. The molecule has 4 rings (SSSR count). The van der Waals surface area contributed by atoms with Crippen LogP contribution in [0.15, 0.2) is 18.5 Å². The molecule has 2 N–H and O–H groups in total. The predicted octanol–water partition coefficient (Wildman–Crippen LogP) is 2.22. The van der Waals surface area contributed by atoms with Gasteiger partial charge >= 0.3 is 6.16 Å². The summed E-state index contributed by atoms with van der Waals surface area (Å²) in [6.45, 7) is 7.60. The standard InChI is InChI=1S/C19H26N4O6/c1-5-19(9-26-17(24)25-6-2)15-14(27-18(3,4)29-15)13(28-19)11-7-8-12-16(20)21-10-22-23(11)12/h7-8,10,13-15H,5-6,9H2,1-4H3,(H2,20,21,22)/t13-,14-,15-,19+/m0/s1. The van der Waals surface area contributed by atoms with Crippen LogP contribution in [0.25, 0.3) is 5.52 Å². The molecule has 0 saturated carbocycles. The van der Waals surface area contributed by atoms with E-state index in [-0.39, 0.29) is 13.2 Å². The highest BCUT2D eigenvalue weighted by Gasteiger charge is 2.63. The molecule has 2 aromatic rings. The van der Waals surface area contributed by atoms with E-state index in [1.54, 1.807) is 11.4 Å². The molecule has 4 heterocycles. The molecular weight excluding hydrogens is 380 g/mol. The van der Waals surface area contributed by atoms with Crippen molar-refractivity contribution in [3.05, 3.63) is 24.2 Å². The Balaban J connectivity index is 1.70. The lowest BCUT2D eigenvalue weighted by Crippen LogP contribution is -2.47. The van der Waals surface area contributed by atoms with Gasteiger partial charge in [-0.3, -0.25) is 0 Å². The Bertz CT molecular complexity index is 915. The molecule has 0 unspecified atom stereocenters. The highest BCUT2D eigenvalue weighted by molar-refractivity contribution is 5.65. The molecule has 0 aromatic carbocycles. The van der Waals surface area contributed by atoms with Gasteiger partial charge in [-0.05, 0) is 39.3 Å². The molecule has 2 saturated heterocycles. The van der Waals surface area contributed by atoms with Crippen LogP contribution in [0.2, 0.25) is 0 Å². The molecule has 0 bridgehead atoms. The maximum atomic E-state index is 11.8. The van der Waals surface area contributed by atoms with Crippen LogP contribution in [0.1, 0.15) is 45.9 Å². The molecule has 2 fully saturated rings. The van der Waals surface area contributed by atoms with Crippen molar-refractivity contribution < 1.29 is 28.5 Å². The normalized spacial score (nSPS) is 30.4. The van der Waals surface area contributed by atoms with Gasteiger partial charge in [0, 0.05) is 0 Å². The molecule has 4 atom stereocenters. The summed E-state index contributed by atoms with van der Waals surface area (Å²) in [4.78, 5) is 15.8. The Kier molecular flexibility index (Phi) is 4.88. The average Bonchev–Trinajstić information content (AvgIpc) is 3.31. The van der Waals surface area contributed by atoms with Crippen LogP contribution in [0.3, 0.4) is 0 Å². The van der Waals surface area contributed by atoms with Gasteiger partial charge < -0.3 is 29.4 Å². The maximum Gasteiger partial charge on any atom is 0.508 e. The number of carbonyl (C=O) groups is 1. The Labute approximate surface area is 168 Å². The zero-order chi connectivity index (χ0) is 20.8. The zero-order valence-electron chi connectivity index (χ0n) is 17.0. The van der Waals surface area contributed by atoms with Gasteiger partial charge in [-0.25, -0.2) is 14.3 Å². The second-order valence-electron chi connectivity index (χ2n) is 7.65. The number of anilines is 1. The van der Waals surface area contributed by atoms with Crippen molar-refractivity contribution in [1.82, 2.24) is 14.6 Å². The van der Waals surface area contributed by atoms with Crippen LogP contribution in [0.5, 0.6) is 0 Å². The van der Waals surface area contributed by atoms with Gasteiger partial charge in [0.05, 0.1) is 12.3 Å². The number of nitrogens with zero attached hydrogens (tertiary/aromatic N) is 3. The summed E-state index contributed by atoms with van der Waals surface area (Å²) in [5.41, 5.74) is 6.52. The maximum absolute atomic E-state index is 11.8. The summed E-state index contributed by atoms with van der Waals surface area (Å²) < 4.78 is 30.8. The number of nitrogens with two attached hydrogens (primary N) is 1. The first-order valence-corrected chi connectivity index (χ1v) is 9.71. The van der Waals surface area contributed by atoms with Gasteiger partial charge in [0.2, 0.25) is 0 Å². The zero-order valence-corrected chi connectivity index (χ0v) is 17.0. The summed E-state index contributed by atoms with van der Waals surface area (Å²) in [6.07, 6.45) is -0.147. The van der Waals surface area contributed by atoms with Crippen molar-refractivity contribution in [2.75, 3.05) is 18.9 Å². The van der Waals surface area contributed by atoms with Crippen LogP contribution in [-0.4, -0.2) is 57.6 Å². The molecule has 10 heteroatoms. The summed E-state index contributed by atoms with van der Waals surface area (Å²) in [6, 6.07) is 3.72. The lowest BCUT2D eigenvalue weighted by atomic mass is 9.92. The van der Waals surface area contributed by atoms with Gasteiger partial charge in [-0.15, -0.1) is 0 Å². The fraction of sp³-hybridized carbons (Fsp3) is 0.632. The second kappa shape index (κ2) is 7.12. The number of ether oxygens (including phenoxy) is 5. The minimum absolute atomic E-state index is 0.0140. The number of nitrogen functional groups attached to an aromatic ring is 1. The van der Waals surface area contributed by atoms with Gasteiger partial charge in [0.25, 0.3) is 0 Å². The van der Waals surface area contributed by atoms with E-state index in [1.807, 2.05) is 32.9 Å². The number of carbonyl (C=O) groups excluding carboxylic acids is 1. The first kappa shape index (κ1) is 19.9. The Morgan fingerprint density at radius 3 is 2.76 bits per heavy atom. The van der Waals surface area contributed by atoms with Crippen molar-refractivity contribution in [2.24, 2.45) is 0 Å². The third-order valence-corrected chi connectivity index (χ3v) is 5.41. The number of hydrogen-bond acceptors (Lipinski definition) is 9. The summed E-state index contributed by atoms with van der Waals surface area (Å²) >= 11 is 0. The van der Waals surface area contributed by atoms with Gasteiger partial charge in [-0.2, -0.15) is 5.10 Å². The minimum atomic E-state index is -0.890. The monoisotopic (exact) mass is 406 g/mol. The van der Waals surface area contributed by atoms with Crippen molar-refractivity contribution in [2.45, 2.75) is 63.8 Å². The fourth-order valence-corrected chi connectivity index (χ4v) is 4.06. The highest BCUT2D eigenvalue weighted by Crippen LogP contribution is 2.51. The van der Waals surface area contributed by atoms with E-state index in [0.717, 1.165) is 5.69 Å². The van der Waals surface area contributed by atoms with Crippen LogP contribution in [0.4, 0.5) is 10.6 Å². The number of hydrogen-bond donors (Lipinski definition) is 1. The number of rotatable bonds is 5. The van der Waals surface area contributed by atoms with E-state index >= 15 is 0 Å². The quantitative estimate of drug-likeness (QED) is 0.745. The average molecular weight is 406 g/mol. The van der Waals surface area contributed by atoms with E-state index in [0.29, 0.717) is 17.8 Å². The molecule has 29 heavy (non-hydrogen) atoms.